The second kappa shape index (κ2) is 6.33. The van der Waals surface area contributed by atoms with Crippen molar-refractivity contribution < 1.29 is 13.6 Å². The first-order valence-corrected chi connectivity index (χ1v) is 9.66. The van der Waals surface area contributed by atoms with Crippen molar-refractivity contribution >= 4 is 40.8 Å². The van der Waals surface area contributed by atoms with E-state index in [0.717, 1.165) is 35.6 Å². The molecule has 1 aliphatic carbocycles. The zero-order chi connectivity index (χ0) is 16.7. The SMILES string of the molecule is O=C(Nc1ccc(F)cc1F)C1=Cc2sc3c(c2CS1)CCCC3. The molecule has 1 aromatic heterocycles. The molecule has 1 aliphatic heterocycles. The largest absolute Gasteiger partial charge is 0.319 e. The third kappa shape index (κ3) is 2.89. The number of rotatable bonds is 2. The number of amides is 1. The van der Waals surface area contributed by atoms with Crippen molar-refractivity contribution in [3.8, 4) is 0 Å². The molecule has 1 amide bonds. The number of hydrogen-bond acceptors (Lipinski definition) is 3. The number of benzene rings is 1. The van der Waals surface area contributed by atoms with E-state index < -0.39 is 11.6 Å². The van der Waals surface area contributed by atoms with Crippen molar-refractivity contribution in [2.75, 3.05) is 5.32 Å². The Morgan fingerprint density at radius 1 is 1.12 bits per heavy atom. The van der Waals surface area contributed by atoms with Gasteiger partial charge in [0.25, 0.3) is 5.91 Å². The topological polar surface area (TPSA) is 29.1 Å². The number of anilines is 1. The van der Waals surface area contributed by atoms with E-state index in [1.807, 2.05) is 6.08 Å². The summed E-state index contributed by atoms with van der Waals surface area (Å²) < 4.78 is 26.6. The number of aryl methyl sites for hydroxylation is 1. The van der Waals surface area contributed by atoms with Crippen LogP contribution in [0.15, 0.2) is 23.1 Å². The lowest BCUT2D eigenvalue weighted by molar-refractivity contribution is -0.112. The Morgan fingerprint density at radius 3 is 2.79 bits per heavy atom. The summed E-state index contributed by atoms with van der Waals surface area (Å²) in [5.41, 5.74) is 2.84. The van der Waals surface area contributed by atoms with Crippen molar-refractivity contribution in [1.82, 2.24) is 0 Å². The van der Waals surface area contributed by atoms with Crippen LogP contribution in [0.3, 0.4) is 0 Å². The Kier molecular flexibility index (Phi) is 4.18. The van der Waals surface area contributed by atoms with Gasteiger partial charge in [0.05, 0.1) is 10.6 Å². The van der Waals surface area contributed by atoms with Crippen molar-refractivity contribution in [2.24, 2.45) is 0 Å². The van der Waals surface area contributed by atoms with E-state index in [4.69, 9.17) is 0 Å². The van der Waals surface area contributed by atoms with Crippen LogP contribution >= 0.6 is 23.1 Å². The molecule has 2 aliphatic rings. The van der Waals surface area contributed by atoms with Crippen LogP contribution in [0.1, 0.15) is 33.7 Å². The van der Waals surface area contributed by atoms with Gasteiger partial charge in [-0.3, -0.25) is 4.79 Å². The number of thioether (sulfide) groups is 1. The van der Waals surface area contributed by atoms with Gasteiger partial charge < -0.3 is 5.32 Å². The van der Waals surface area contributed by atoms with E-state index in [1.165, 1.54) is 46.7 Å². The van der Waals surface area contributed by atoms with Crippen LogP contribution < -0.4 is 5.32 Å². The molecule has 0 spiro atoms. The zero-order valence-electron chi connectivity index (χ0n) is 12.8. The first-order chi connectivity index (χ1) is 11.6. The van der Waals surface area contributed by atoms with Crippen LogP contribution in [0, 0.1) is 11.6 Å². The van der Waals surface area contributed by atoms with Crippen molar-refractivity contribution in [1.29, 1.82) is 0 Å². The van der Waals surface area contributed by atoms with Gasteiger partial charge >= 0.3 is 0 Å². The summed E-state index contributed by atoms with van der Waals surface area (Å²) in [5.74, 6) is -0.989. The highest BCUT2D eigenvalue weighted by atomic mass is 32.2. The van der Waals surface area contributed by atoms with Gasteiger partial charge in [0, 0.05) is 21.6 Å². The van der Waals surface area contributed by atoms with E-state index in [2.05, 4.69) is 5.32 Å². The quantitative estimate of drug-likeness (QED) is 0.801. The smallest absolute Gasteiger partial charge is 0.262 e. The molecule has 0 saturated carbocycles. The lowest BCUT2D eigenvalue weighted by atomic mass is 9.95. The fraction of sp³-hybridized carbons (Fsp3) is 0.278. The first kappa shape index (κ1) is 15.8. The normalized spacial score (nSPS) is 16.2. The summed E-state index contributed by atoms with van der Waals surface area (Å²) in [6.07, 6.45) is 6.65. The predicted molar refractivity (Wildman–Crippen MR) is 95.2 cm³/mol. The minimum absolute atomic E-state index is 0.000768. The van der Waals surface area contributed by atoms with Crippen LogP contribution in [-0.4, -0.2) is 5.91 Å². The maximum absolute atomic E-state index is 13.7. The molecule has 24 heavy (non-hydrogen) atoms. The van der Waals surface area contributed by atoms with Gasteiger partial charge in [-0.2, -0.15) is 0 Å². The third-order valence-corrected chi connectivity index (χ3v) is 6.68. The monoisotopic (exact) mass is 363 g/mol. The number of fused-ring (bicyclic) bond motifs is 3. The first-order valence-electron chi connectivity index (χ1n) is 7.86. The highest BCUT2D eigenvalue weighted by Gasteiger charge is 2.25. The van der Waals surface area contributed by atoms with Gasteiger partial charge in [-0.05, 0) is 55.0 Å². The van der Waals surface area contributed by atoms with Crippen LogP contribution in [0.25, 0.3) is 6.08 Å². The Labute approximate surface area is 147 Å². The molecule has 124 valence electrons. The molecular formula is C18H15F2NOS2. The average Bonchev–Trinajstić information content (AvgIpc) is 2.95. The molecule has 0 bridgehead atoms. The van der Waals surface area contributed by atoms with E-state index in [-0.39, 0.29) is 11.6 Å². The molecule has 0 atom stereocenters. The zero-order valence-corrected chi connectivity index (χ0v) is 14.5. The molecule has 0 unspecified atom stereocenters. The van der Waals surface area contributed by atoms with Gasteiger partial charge in [0.2, 0.25) is 0 Å². The lowest BCUT2D eigenvalue weighted by Crippen LogP contribution is -2.15. The molecule has 4 rings (SSSR count). The summed E-state index contributed by atoms with van der Waals surface area (Å²) in [7, 11) is 0. The molecule has 0 radical (unpaired) electrons. The van der Waals surface area contributed by atoms with E-state index in [1.54, 1.807) is 11.3 Å². The van der Waals surface area contributed by atoms with Crippen LogP contribution in [-0.2, 0) is 23.4 Å². The summed E-state index contributed by atoms with van der Waals surface area (Å²) in [6.45, 7) is 0. The van der Waals surface area contributed by atoms with Gasteiger partial charge in [0.15, 0.2) is 0 Å². The summed E-state index contributed by atoms with van der Waals surface area (Å²) in [5, 5.41) is 2.53. The van der Waals surface area contributed by atoms with Crippen molar-refractivity contribution in [3.05, 3.63) is 55.6 Å². The maximum atomic E-state index is 13.7. The fourth-order valence-electron chi connectivity index (χ4n) is 3.14. The average molecular weight is 363 g/mol. The standard InChI is InChI=1S/C18H15F2NOS2/c19-10-5-6-14(13(20)7-10)21-18(22)17-8-16-12(9-23-17)11-3-1-2-4-15(11)24-16/h5-8H,1-4,9H2,(H,21,22). The number of nitrogens with one attached hydrogen (secondary N) is 1. The Bertz CT molecular complexity index is 857. The van der Waals surface area contributed by atoms with E-state index in [9.17, 15) is 13.6 Å². The third-order valence-electron chi connectivity index (χ3n) is 4.35. The molecular weight excluding hydrogens is 348 g/mol. The number of halogens is 2. The summed E-state index contributed by atoms with van der Waals surface area (Å²) in [6, 6.07) is 3.14. The minimum Gasteiger partial charge on any atom is -0.319 e. The van der Waals surface area contributed by atoms with Crippen LogP contribution in [0.5, 0.6) is 0 Å². The molecule has 0 fully saturated rings. The number of hydrogen-bond donors (Lipinski definition) is 1. The lowest BCUT2D eigenvalue weighted by Gasteiger charge is -2.16. The van der Waals surface area contributed by atoms with Gasteiger partial charge in [0.1, 0.15) is 11.6 Å². The van der Waals surface area contributed by atoms with Crippen molar-refractivity contribution in [3.63, 3.8) is 0 Å². The highest BCUT2D eigenvalue weighted by molar-refractivity contribution is 8.03. The van der Waals surface area contributed by atoms with Gasteiger partial charge in [-0.1, -0.05) is 0 Å². The summed E-state index contributed by atoms with van der Waals surface area (Å²) >= 11 is 3.26. The molecule has 2 aromatic rings. The van der Waals surface area contributed by atoms with E-state index >= 15 is 0 Å². The van der Waals surface area contributed by atoms with Gasteiger partial charge in [-0.25, -0.2) is 8.78 Å². The second-order valence-electron chi connectivity index (χ2n) is 5.93. The van der Waals surface area contributed by atoms with E-state index in [0.29, 0.717) is 4.91 Å². The Morgan fingerprint density at radius 2 is 1.96 bits per heavy atom. The molecule has 0 saturated heterocycles. The number of thiophene rings is 1. The molecule has 1 N–H and O–H groups in total. The Hall–Kier alpha value is -1.66. The molecule has 2 nitrogen and oxygen atoms in total. The molecule has 6 heteroatoms. The predicted octanol–water partition coefficient (Wildman–Crippen LogP) is 5.13. The van der Waals surface area contributed by atoms with Crippen molar-refractivity contribution in [2.45, 2.75) is 31.4 Å². The summed E-state index contributed by atoms with van der Waals surface area (Å²) in [4.78, 5) is 15.6. The minimum atomic E-state index is -0.767. The second-order valence-corrected chi connectivity index (χ2v) is 8.08. The molecule has 2 heterocycles. The number of carbonyl (C=O) groups is 1. The number of carbonyl (C=O) groups excluding carboxylic acids is 1. The maximum Gasteiger partial charge on any atom is 0.262 e. The Balaban J connectivity index is 1.58. The fourth-order valence-corrected chi connectivity index (χ4v) is 5.68. The molecule has 1 aromatic carbocycles. The highest BCUT2D eigenvalue weighted by Crippen LogP contribution is 2.42. The van der Waals surface area contributed by atoms with Crippen LogP contribution in [0.4, 0.5) is 14.5 Å². The van der Waals surface area contributed by atoms with Gasteiger partial charge in [-0.15, -0.1) is 23.1 Å². The van der Waals surface area contributed by atoms with Crippen LogP contribution in [0.2, 0.25) is 0 Å².